The summed E-state index contributed by atoms with van der Waals surface area (Å²) in [5, 5.41) is 0. The molecule has 4 rings (SSSR count). The van der Waals surface area contributed by atoms with Crippen LogP contribution in [-0.2, 0) is 0 Å². The van der Waals surface area contributed by atoms with E-state index >= 15 is 0 Å². The first-order chi connectivity index (χ1) is 7.88. The molecule has 1 fully saturated rings. The summed E-state index contributed by atoms with van der Waals surface area (Å²) in [5.74, 6) is 2.33. The SMILES string of the molecule is C1=CC2CC1C=CC21CC1c1ccccc1. The van der Waals surface area contributed by atoms with E-state index in [0.717, 1.165) is 17.8 Å². The second-order valence-electron chi connectivity index (χ2n) is 5.53. The maximum Gasteiger partial charge on any atom is 0.00201 e. The Morgan fingerprint density at radius 3 is 2.75 bits per heavy atom. The molecule has 80 valence electrons. The van der Waals surface area contributed by atoms with Gasteiger partial charge in [-0.3, -0.25) is 0 Å². The van der Waals surface area contributed by atoms with Crippen molar-refractivity contribution in [1.82, 2.24) is 0 Å². The number of benzene rings is 1. The maximum absolute atomic E-state index is 2.52. The average Bonchev–Trinajstić information content (AvgIpc) is 2.93. The average molecular weight is 208 g/mol. The van der Waals surface area contributed by atoms with Gasteiger partial charge in [0.1, 0.15) is 0 Å². The lowest BCUT2D eigenvalue weighted by atomic mass is 9.79. The van der Waals surface area contributed by atoms with Gasteiger partial charge in [-0.1, -0.05) is 54.6 Å². The number of rotatable bonds is 1. The van der Waals surface area contributed by atoms with Gasteiger partial charge in [-0.15, -0.1) is 0 Å². The number of fused-ring (bicyclic) bond motifs is 3. The van der Waals surface area contributed by atoms with E-state index in [9.17, 15) is 0 Å². The van der Waals surface area contributed by atoms with Gasteiger partial charge in [0, 0.05) is 5.41 Å². The van der Waals surface area contributed by atoms with Gasteiger partial charge < -0.3 is 0 Å². The van der Waals surface area contributed by atoms with E-state index in [1.54, 1.807) is 0 Å². The van der Waals surface area contributed by atoms with E-state index in [4.69, 9.17) is 0 Å². The van der Waals surface area contributed by atoms with Gasteiger partial charge in [-0.25, -0.2) is 0 Å². The molecule has 0 radical (unpaired) electrons. The highest BCUT2D eigenvalue weighted by Gasteiger charge is 2.58. The van der Waals surface area contributed by atoms with Gasteiger partial charge in [0.25, 0.3) is 0 Å². The van der Waals surface area contributed by atoms with Crippen LogP contribution in [0, 0.1) is 17.3 Å². The van der Waals surface area contributed by atoms with Crippen molar-refractivity contribution in [3.8, 4) is 0 Å². The number of allylic oxidation sites excluding steroid dienone is 4. The molecule has 0 aliphatic heterocycles. The van der Waals surface area contributed by atoms with Gasteiger partial charge in [0.05, 0.1) is 0 Å². The first kappa shape index (κ1) is 8.81. The smallest absolute Gasteiger partial charge is 0.00201 e. The first-order valence-electron chi connectivity index (χ1n) is 6.31. The topological polar surface area (TPSA) is 0 Å². The molecule has 1 spiro atoms. The van der Waals surface area contributed by atoms with Gasteiger partial charge in [0.2, 0.25) is 0 Å². The molecule has 4 unspecified atom stereocenters. The number of hydrogen-bond donors (Lipinski definition) is 0. The Morgan fingerprint density at radius 1 is 1.00 bits per heavy atom. The molecule has 16 heavy (non-hydrogen) atoms. The molecule has 3 aliphatic carbocycles. The zero-order chi connectivity index (χ0) is 10.6. The lowest BCUT2D eigenvalue weighted by Crippen LogP contribution is -2.16. The molecule has 1 aromatic carbocycles. The summed E-state index contributed by atoms with van der Waals surface area (Å²) in [7, 11) is 0. The van der Waals surface area contributed by atoms with Crippen molar-refractivity contribution in [3.63, 3.8) is 0 Å². The lowest BCUT2D eigenvalue weighted by Gasteiger charge is -2.25. The third-order valence-corrected chi connectivity index (χ3v) is 4.71. The maximum atomic E-state index is 2.52. The van der Waals surface area contributed by atoms with E-state index < -0.39 is 0 Å². The summed E-state index contributed by atoms with van der Waals surface area (Å²) in [4.78, 5) is 0. The molecule has 3 aliphatic rings. The Balaban J connectivity index is 1.70. The third-order valence-electron chi connectivity index (χ3n) is 4.71. The Bertz CT molecular complexity index is 468. The summed E-state index contributed by atoms with van der Waals surface area (Å²) in [6.07, 6.45) is 12.5. The van der Waals surface area contributed by atoms with Crippen LogP contribution in [0.5, 0.6) is 0 Å². The summed E-state index contributed by atoms with van der Waals surface area (Å²) in [5.41, 5.74) is 2.02. The molecule has 1 saturated carbocycles. The fourth-order valence-electron chi connectivity index (χ4n) is 3.70. The quantitative estimate of drug-likeness (QED) is 0.613. The van der Waals surface area contributed by atoms with Crippen LogP contribution < -0.4 is 0 Å². The van der Waals surface area contributed by atoms with Crippen LogP contribution >= 0.6 is 0 Å². The van der Waals surface area contributed by atoms with Crippen LogP contribution in [0.15, 0.2) is 54.6 Å². The third kappa shape index (κ3) is 1.05. The second-order valence-corrected chi connectivity index (χ2v) is 5.53. The minimum atomic E-state index is 0.491. The minimum absolute atomic E-state index is 0.491. The largest absolute Gasteiger partial charge is 0.0839 e. The van der Waals surface area contributed by atoms with Crippen molar-refractivity contribution >= 4 is 0 Å². The zero-order valence-corrected chi connectivity index (χ0v) is 9.34. The first-order valence-corrected chi connectivity index (χ1v) is 6.31. The summed E-state index contributed by atoms with van der Waals surface area (Å²) in [6.45, 7) is 0. The molecule has 0 heterocycles. The summed E-state index contributed by atoms with van der Waals surface area (Å²) < 4.78 is 0. The Labute approximate surface area is 96.7 Å². The highest BCUT2D eigenvalue weighted by atomic mass is 14.6. The van der Waals surface area contributed by atoms with E-state index in [2.05, 4.69) is 54.6 Å². The predicted octanol–water partition coefficient (Wildman–Crippen LogP) is 3.92. The monoisotopic (exact) mass is 208 g/mol. The summed E-state index contributed by atoms with van der Waals surface area (Å²) in [6, 6.07) is 11.0. The summed E-state index contributed by atoms with van der Waals surface area (Å²) >= 11 is 0. The van der Waals surface area contributed by atoms with E-state index in [-0.39, 0.29) is 0 Å². The molecule has 1 aromatic rings. The molecule has 2 bridgehead atoms. The van der Waals surface area contributed by atoms with Crippen LogP contribution in [0.4, 0.5) is 0 Å². The standard InChI is InChI=1S/C16H16/c1-2-4-13(5-3-1)15-11-16(15)9-8-12-6-7-14(16)10-12/h1-9,12,14-15H,10-11H2. The van der Waals surface area contributed by atoms with E-state index in [1.807, 2.05) is 0 Å². The van der Waals surface area contributed by atoms with Gasteiger partial charge in [0.15, 0.2) is 0 Å². The predicted molar refractivity (Wildman–Crippen MR) is 66.1 cm³/mol. The zero-order valence-electron chi connectivity index (χ0n) is 9.34. The van der Waals surface area contributed by atoms with Crippen molar-refractivity contribution in [2.24, 2.45) is 17.3 Å². The fraction of sp³-hybridized carbons (Fsp3) is 0.375. The molecule has 0 nitrogen and oxygen atoms in total. The van der Waals surface area contributed by atoms with Crippen LogP contribution in [0.1, 0.15) is 24.3 Å². The molecular weight excluding hydrogens is 192 g/mol. The normalized spacial score (nSPS) is 42.9. The van der Waals surface area contributed by atoms with Crippen LogP contribution in [-0.4, -0.2) is 0 Å². The molecule has 0 saturated heterocycles. The molecule has 0 N–H and O–H groups in total. The highest BCUT2D eigenvalue weighted by molar-refractivity contribution is 5.39. The van der Waals surface area contributed by atoms with Crippen LogP contribution in [0.3, 0.4) is 0 Å². The van der Waals surface area contributed by atoms with Crippen molar-refractivity contribution < 1.29 is 0 Å². The molecular formula is C16H16. The second kappa shape index (κ2) is 2.88. The van der Waals surface area contributed by atoms with E-state index in [0.29, 0.717) is 5.41 Å². The van der Waals surface area contributed by atoms with Crippen molar-refractivity contribution in [2.75, 3.05) is 0 Å². The Hall–Kier alpha value is -1.30. The Kier molecular flexibility index (Phi) is 1.59. The van der Waals surface area contributed by atoms with Crippen LogP contribution in [0.2, 0.25) is 0 Å². The van der Waals surface area contributed by atoms with Gasteiger partial charge in [-0.2, -0.15) is 0 Å². The molecule has 0 aromatic heterocycles. The lowest BCUT2D eigenvalue weighted by molar-refractivity contribution is 0.393. The van der Waals surface area contributed by atoms with E-state index in [1.165, 1.54) is 18.4 Å². The molecule has 4 atom stereocenters. The molecule has 0 heteroatoms. The fourth-order valence-corrected chi connectivity index (χ4v) is 3.70. The van der Waals surface area contributed by atoms with Crippen LogP contribution in [0.25, 0.3) is 0 Å². The van der Waals surface area contributed by atoms with Crippen molar-refractivity contribution in [2.45, 2.75) is 18.8 Å². The molecule has 0 amide bonds. The van der Waals surface area contributed by atoms with Gasteiger partial charge in [-0.05, 0) is 36.2 Å². The van der Waals surface area contributed by atoms with Gasteiger partial charge >= 0.3 is 0 Å². The Morgan fingerprint density at radius 2 is 1.88 bits per heavy atom. The van der Waals surface area contributed by atoms with Crippen molar-refractivity contribution in [1.29, 1.82) is 0 Å². The van der Waals surface area contributed by atoms with Crippen molar-refractivity contribution in [3.05, 3.63) is 60.2 Å². The highest BCUT2D eigenvalue weighted by Crippen LogP contribution is 2.68. The minimum Gasteiger partial charge on any atom is -0.0839 e. The number of hydrogen-bond acceptors (Lipinski definition) is 0.